The highest BCUT2D eigenvalue weighted by molar-refractivity contribution is 6.25. The first-order chi connectivity index (χ1) is 18.8. The van der Waals surface area contributed by atoms with Gasteiger partial charge < -0.3 is 10.4 Å². The number of aliphatic carboxylic acids is 1. The summed E-state index contributed by atoms with van der Waals surface area (Å²) < 4.78 is 1.79. The fourth-order valence-corrected chi connectivity index (χ4v) is 4.99. The number of rotatable bonds is 15. The van der Waals surface area contributed by atoms with Gasteiger partial charge >= 0.3 is 5.97 Å². The molecule has 0 spiro atoms. The van der Waals surface area contributed by atoms with Gasteiger partial charge in [-0.1, -0.05) is 49.8 Å². The van der Waals surface area contributed by atoms with E-state index in [1.165, 1.54) is 0 Å². The molecule has 0 bridgehead atoms. The Morgan fingerprint density at radius 3 is 2.44 bits per heavy atom. The van der Waals surface area contributed by atoms with Crippen LogP contribution in [0.5, 0.6) is 0 Å². The summed E-state index contributed by atoms with van der Waals surface area (Å²) in [6, 6.07) is 3.93. The largest absolute Gasteiger partial charge is 0.481 e. The zero-order valence-corrected chi connectivity index (χ0v) is 21.9. The molecule has 1 fully saturated rings. The minimum atomic E-state index is -1.01. The molecule has 0 aliphatic carbocycles. The van der Waals surface area contributed by atoms with Gasteiger partial charge in [-0.15, -0.1) is 5.10 Å². The van der Waals surface area contributed by atoms with Gasteiger partial charge in [-0.05, 0) is 31.4 Å². The second-order valence-corrected chi connectivity index (χ2v) is 9.97. The van der Waals surface area contributed by atoms with Crippen molar-refractivity contribution in [1.82, 2.24) is 25.2 Å². The molecule has 12 heteroatoms. The molecular formula is C27H34N6O6. The van der Waals surface area contributed by atoms with Crippen LogP contribution in [0.25, 0.3) is 0 Å². The zero-order valence-electron chi connectivity index (χ0n) is 21.9. The van der Waals surface area contributed by atoms with Crippen molar-refractivity contribution in [3.8, 4) is 0 Å². The van der Waals surface area contributed by atoms with Gasteiger partial charge in [0, 0.05) is 25.1 Å². The molecule has 2 aliphatic rings. The number of carbonyl (C=O) groups excluding carboxylic acids is 4. The Hall–Kier alpha value is -4.09. The van der Waals surface area contributed by atoms with E-state index < -0.39 is 35.6 Å². The summed E-state index contributed by atoms with van der Waals surface area (Å²) >= 11 is 0. The number of hydrogen-bond donors (Lipinski definition) is 3. The van der Waals surface area contributed by atoms with Crippen LogP contribution < -0.4 is 10.6 Å². The summed E-state index contributed by atoms with van der Waals surface area (Å²) in [5.41, 5.74) is 1.59. The van der Waals surface area contributed by atoms with Gasteiger partial charge in [-0.3, -0.25) is 38.9 Å². The molecule has 0 saturated carbocycles. The van der Waals surface area contributed by atoms with Crippen molar-refractivity contribution in [3.05, 3.63) is 41.2 Å². The number of carboxylic acids is 1. The highest BCUT2D eigenvalue weighted by Gasteiger charge is 2.45. The lowest BCUT2D eigenvalue weighted by Gasteiger charge is -2.27. The summed E-state index contributed by atoms with van der Waals surface area (Å²) in [7, 11) is 0. The number of piperidine rings is 1. The Balaban J connectivity index is 1.22. The first kappa shape index (κ1) is 27.9. The van der Waals surface area contributed by atoms with E-state index >= 15 is 0 Å². The number of carboxylic acid groups (broad SMARTS) is 1. The number of unbranched alkanes of at least 4 members (excludes halogenated alkanes) is 7. The molecule has 12 nitrogen and oxygen atoms in total. The number of aryl methyl sites for hydroxylation is 1. The Morgan fingerprint density at radius 2 is 1.72 bits per heavy atom. The molecule has 3 N–H and O–H groups in total. The highest BCUT2D eigenvalue weighted by atomic mass is 16.4. The van der Waals surface area contributed by atoms with Crippen LogP contribution in [0.4, 0.5) is 5.69 Å². The second-order valence-electron chi connectivity index (χ2n) is 9.97. The third kappa shape index (κ3) is 7.06. The molecule has 1 atom stereocenters. The molecule has 1 unspecified atom stereocenters. The van der Waals surface area contributed by atoms with Crippen LogP contribution in [0.15, 0.2) is 24.4 Å². The smallest absolute Gasteiger partial charge is 0.303 e. The van der Waals surface area contributed by atoms with E-state index in [0.29, 0.717) is 17.9 Å². The average molecular weight is 539 g/mol. The van der Waals surface area contributed by atoms with Crippen LogP contribution in [0.3, 0.4) is 0 Å². The van der Waals surface area contributed by atoms with Crippen molar-refractivity contribution in [2.45, 2.75) is 89.8 Å². The van der Waals surface area contributed by atoms with E-state index in [1.54, 1.807) is 22.9 Å². The number of benzene rings is 1. The van der Waals surface area contributed by atoms with Gasteiger partial charge in [0.15, 0.2) is 0 Å². The summed E-state index contributed by atoms with van der Waals surface area (Å²) in [6.07, 6.45) is 10.5. The van der Waals surface area contributed by atoms with Gasteiger partial charge in [0.1, 0.15) is 11.7 Å². The fraction of sp³-hybridized carbons (Fsp3) is 0.519. The first-order valence-electron chi connectivity index (χ1n) is 13.5. The summed E-state index contributed by atoms with van der Waals surface area (Å²) in [5.74, 6) is -2.88. The van der Waals surface area contributed by atoms with E-state index in [2.05, 4.69) is 20.9 Å². The molecule has 0 radical (unpaired) electrons. The average Bonchev–Trinajstić information content (AvgIpc) is 3.46. The standard InChI is InChI=1S/C27H34N6O6/c34-22-14-13-21(25(37)29-22)33-26(38)19-10-9-11-20(24(19)27(33)39)28-16-18-17-32(31-30-18)15-8-6-4-2-1-3-5-7-12-23(35)36/h9-11,17,21,28H,1-8,12-16H2,(H,35,36)(H,29,34,37). The molecule has 4 rings (SSSR count). The Labute approximate surface area is 226 Å². The Bertz CT molecular complexity index is 1240. The SMILES string of the molecule is O=C(O)CCCCCCCCCCn1cc(CNc2cccc3c2C(=O)N(C2CCC(=O)NC2=O)C3=O)nn1. The first-order valence-corrected chi connectivity index (χ1v) is 13.5. The van der Waals surface area contributed by atoms with E-state index in [0.717, 1.165) is 62.8 Å². The normalized spacial score (nSPS) is 16.9. The minimum absolute atomic E-state index is 0.0702. The second kappa shape index (κ2) is 13.1. The molecular weight excluding hydrogens is 504 g/mol. The van der Waals surface area contributed by atoms with Crippen molar-refractivity contribution in [1.29, 1.82) is 0 Å². The fourth-order valence-electron chi connectivity index (χ4n) is 4.99. The van der Waals surface area contributed by atoms with Crippen LogP contribution in [0.2, 0.25) is 0 Å². The number of aromatic nitrogens is 3. The third-order valence-corrected chi connectivity index (χ3v) is 7.04. The van der Waals surface area contributed by atoms with Gasteiger partial charge in [-0.2, -0.15) is 0 Å². The van der Waals surface area contributed by atoms with Crippen molar-refractivity contribution >= 4 is 35.3 Å². The summed E-state index contributed by atoms with van der Waals surface area (Å²) in [6.45, 7) is 1.05. The number of fused-ring (bicyclic) bond motifs is 1. The van der Waals surface area contributed by atoms with E-state index in [-0.39, 0.29) is 30.4 Å². The molecule has 208 valence electrons. The Kier molecular flexibility index (Phi) is 9.40. The van der Waals surface area contributed by atoms with Crippen LogP contribution >= 0.6 is 0 Å². The van der Waals surface area contributed by atoms with E-state index in [1.807, 2.05) is 6.20 Å². The maximum Gasteiger partial charge on any atom is 0.303 e. The maximum absolute atomic E-state index is 13.2. The summed E-state index contributed by atoms with van der Waals surface area (Å²) in [4.78, 5) is 61.4. The number of nitrogens with zero attached hydrogens (tertiary/aromatic N) is 4. The monoisotopic (exact) mass is 538 g/mol. The lowest BCUT2D eigenvalue weighted by atomic mass is 10.0. The van der Waals surface area contributed by atoms with Crippen LogP contribution in [-0.4, -0.2) is 60.6 Å². The highest BCUT2D eigenvalue weighted by Crippen LogP contribution is 2.32. The van der Waals surface area contributed by atoms with Crippen molar-refractivity contribution in [3.63, 3.8) is 0 Å². The molecule has 2 aliphatic heterocycles. The predicted octanol–water partition coefficient (Wildman–Crippen LogP) is 2.89. The maximum atomic E-state index is 13.2. The van der Waals surface area contributed by atoms with E-state index in [9.17, 15) is 24.0 Å². The van der Waals surface area contributed by atoms with Crippen molar-refractivity contribution in [2.75, 3.05) is 5.32 Å². The minimum Gasteiger partial charge on any atom is -0.481 e. The number of anilines is 1. The van der Waals surface area contributed by atoms with Crippen LogP contribution in [0.1, 0.15) is 97.0 Å². The van der Waals surface area contributed by atoms with Gasteiger partial charge in [0.05, 0.1) is 23.9 Å². The van der Waals surface area contributed by atoms with Gasteiger partial charge in [0.2, 0.25) is 11.8 Å². The molecule has 1 aromatic carbocycles. The molecule has 39 heavy (non-hydrogen) atoms. The quantitative estimate of drug-likeness (QED) is 0.228. The molecule has 3 heterocycles. The summed E-state index contributed by atoms with van der Waals surface area (Å²) in [5, 5.41) is 22.4. The predicted molar refractivity (Wildman–Crippen MR) is 140 cm³/mol. The van der Waals surface area contributed by atoms with Gasteiger partial charge in [-0.25, -0.2) is 0 Å². The topological polar surface area (TPSA) is 164 Å². The van der Waals surface area contributed by atoms with Crippen molar-refractivity contribution < 1.29 is 29.1 Å². The molecule has 2 aromatic rings. The van der Waals surface area contributed by atoms with Gasteiger partial charge in [0.25, 0.3) is 11.8 Å². The van der Waals surface area contributed by atoms with E-state index in [4.69, 9.17) is 5.11 Å². The number of hydrogen-bond acceptors (Lipinski definition) is 8. The number of amides is 4. The number of imide groups is 2. The number of carbonyl (C=O) groups is 5. The lowest BCUT2D eigenvalue weighted by Crippen LogP contribution is -2.54. The van der Waals surface area contributed by atoms with Crippen molar-refractivity contribution in [2.24, 2.45) is 0 Å². The molecule has 4 amide bonds. The van der Waals surface area contributed by atoms with Crippen LogP contribution in [-0.2, 0) is 27.5 Å². The molecule has 1 aromatic heterocycles. The molecule has 1 saturated heterocycles. The zero-order chi connectivity index (χ0) is 27.8. The Morgan fingerprint density at radius 1 is 1.00 bits per heavy atom. The third-order valence-electron chi connectivity index (χ3n) is 7.04. The lowest BCUT2D eigenvalue weighted by molar-refractivity contribution is -0.138. The van der Waals surface area contributed by atoms with Crippen LogP contribution in [0, 0.1) is 0 Å². The number of nitrogens with one attached hydrogen (secondary N) is 2.